The molecule has 4 rings (SSSR count). The number of fused-ring (bicyclic) bond motifs is 1. The van der Waals surface area contributed by atoms with Crippen LogP contribution in [0.3, 0.4) is 0 Å². The number of nitrogens with zero attached hydrogens (tertiary/aromatic N) is 1. The van der Waals surface area contributed by atoms with E-state index in [1.165, 1.54) is 0 Å². The lowest BCUT2D eigenvalue weighted by Crippen LogP contribution is -2.58. The Morgan fingerprint density at radius 3 is 2.71 bits per heavy atom. The van der Waals surface area contributed by atoms with Crippen LogP contribution in [-0.4, -0.2) is 67.3 Å². The van der Waals surface area contributed by atoms with Gasteiger partial charge in [0.15, 0.2) is 0 Å². The van der Waals surface area contributed by atoms with Gasteiger partial charge < -0.3 is 24.7 Å². The molecule has 1 aromatic heterocycles. The van der Waals surface area contributed by atoms with Crippen molar-refractivity contribution in [2.24, 2.45) is 5.92 Å². The minimum atomic E-state index is -0.303. The third-order valence-electron chi connectivity index (χ3n) is 6.86. The largest absolute Gasteiger partial charge is 0.385 e. The van der Waals surface area contributed by atoms with Crippen molar-refractivity contribution in [3.05, 3.63) is 36.0 Å². The molecule has 168 valence electrons. The molecule has 0 radical (unpaired) electrons. The number of para-hydroxylation sites is 1. The topological polar surface area (TPSA) is 83.7 Å². The Kier molecular flexibility index (Phi) is 6.92. The summed E-state index contributed by atoms with van der Waals surface area (Å²) in [6.45, 7) is 3.20. The zero-order valence-electron chi connectivity index (χ0n) is 18.3. The molecule has 2 fully saturated rings. The van der Waals surface area contributed by atoms with E-state index in [1.54, 1.807) is 7.11 Å². The van der Waals surface area contributed by atoms with Crippen molar-refractivity contribution < 1.29 is 19.1 Å². The lowest BCUT2D eigenvalue weighted by molar-refractivity contribution is -0.134. The molecule has 0 saturated carbocycles. The van der Waals surface area contributed by atoms with Crippen LogP contribution in [0.25, 0.3) is 10.9 Å². The molecule has 0 atom stereocenters. The maximum absolute atomic E-state index is 13.0. The zero-order chi connectivity index (χ0) is 21.7. The average Bonchev–Trinajstić information content (AvgIpc) is 3.21. The Hall–Kier alpha value is -2.38. The standard InChI is InChI=1S/C24H33N3O4/c1-30-15-10-24(26-23(29)18-6-13-31-14-7-18)8-11-27(12-9-24)22(28)16-19-17-25-21-5-3-2-4-20(19)21/h2-5,17-18,25H,6-16H2,1H3,(H,26,29). The van der Waals surface area contributed by atoms with Crippen LogP contribution < -0.4 is 5.32 Å². The minimum absolute atomic E-state index is 0.0229. The molecule has 0 spiro atoms. The first-order valence-corrected chi connectivity index (χ1v) is 11.3. The van der Waals surface area contributed by atoms with Gasteiger partial charge in [0.05, 0.1) is 6.42 Å². The predicted molar refractivity (Wildman–Crippen MR) is 119 cm³/mol. The van der Waals surface area contributed by atoms with E-state index in [0.717, 1.165) is 48.6 Å². The van der Waals surface area contributed by atoms with Gasteiger partial charge in [-0.25, -0.2) is 0 Å². The fourth-order valence-electron chi connectivity index (χ4n) is 4.79. The average molecular weight is 428 g/mol. The van der Waals surface area contributed by atoms with Crippen molar-refractivity contribution in [2.45, 2.75) is 44.1 Å². The molecule has 7 heteroatoms. The van der Waals surface area contributed by atoms with Gasteiger partial charge in [-0.2, -0.15) is 0 Å². The maximum Gasteiger partial charge on any atom is 0.227 e. The highest BCUT2D eigenvalue weighted by atomic mass is 16.5. The summed E-state index contributed by atoms with van der Waals surface area (Å²) in [4.78, 5) is 31.1. The predicted octanol–water partition coefficient (Wildman–Crippen LogP) is 2.65. The molecule has 31 heavy (non-hydrogen) atoms. The van der Waals surface area contributed by atoms with Gasteiger partial charge in [0.1, 0.15) is 0 Å². The number of carbonyl (C=O) groups is 2. The molecule has 0 aliphatic carbocycles. The van der Waals surface area contributed by atoms with Crippen LogP contribution in [-0.2, 0) is 25.5 Å². The summed E-state index contributed by atoms with van der Waals surface area (Å²) >= 11 is 0. The first kappa shape index (κ1) is 21.8. The van der Waals surface area contributed by atoms with Crippen molar-refractivity contribution in [2.75, 3.05) is 40.0 Å². The number of rotatable bonds is 7. The summed E-state index contributed by atoms with van der Waals surface area (Å²) in [6, 6.07) is 8.06. The van der Waals surface area contributed by atoms with Gasteiger partial charge in [0, 0.05) is 68.6 Å². The van der Waals surface area contributed by atoms with Crippen LogP contribution in [0, 0.1) is 5.92 Å². The van der Waals surface area contributed by atoms with E-state index < -0.39 is 0 Å². The smallest absolute Gasteiger partial charge is 0.227 e. The van der Waals surface area contributed by atoms with Crippen LogP contribution in [0.15, 0.2) is 30.5 Å². The first-order valence-electron chi connectivity index (χ1n) is 11.3. The summed E-state index contributed by atoms with van der Waals surface area (Å²) in [5.74, 6) is 0.286. The number of nitrogens with one attached hydrogen (secondary N) is 2. The summed E-state index contributed by atoms with van der Waals surface area (Å²) in [5.41, 5.74) is 1.78. The minimum Gasteiger partial charge on any atom is -0.385 e. The SMILES string of the molecule is COCCC1(NC(=O)C2CCOCC2)CCN(C(=O)Cc2c[nH]c3ccccc23)CC1. The molecule has 2 saturated heterocycles. The summed E-state index contributed by atoms with van der Waals surface area (Å²) < 4.78 is 10.7. The first-order chi connectivity index (χ1) is 15.1. The van der Waals surface area contributed by atoms with E-state index >= 15 is 0 Å². The van der Waals surface area contributed by atoms with E-state index in [-0.39, 0.29) is 23.3 Å². The van der Waals surface area contributed by atoms with Gasteiger partial charge >= 0.3 is 0 Å². The molecule has 2 N–H and O–H groups in total. The van der Waals surface area contributed by atoms with Gasteiger partial charge in [0.2, 0.25) is 11.8 Å². The highest BCUT2D eigenvalue weighted by Crippen LogP contribution is 2.28. The number of benzene rings is 1. The lowest BCUT2D eigenvalue weighted by Gasteiger charge is -2.43. The molecule has 2 aromatic rings. The molecule has 0 unspecified atom stereocenters. The molecular formula is C24H33N3O4. The van der Waals surface area contributed by atoms with E-state index in [0.29, 0.717) is 39.3 Å². The molecule has 7 nitrogen and oxygen atoms in total. The molecule has 3 heterocycles. The van der Waals surface area contributed by atoms with Crippen molar-refractivity contribution >= 4 is 22.7 Å². The number of methoxy groups -OCH3 is 1. The molecule has 2 aliphatic heterocycles. The number of aromatic nitrogens is 1. The number of hydrogen-bond acceptors (Lipinski definition) is 4. The maximum atomic E-state index is 13.0. The fraction of sp³-hybridized carbons (Fsp3) is 0.583. The van der Waals surface area contributed by atoms with Crippen molar-refractivity contribution in [1.29, 1.82) is 0 Å². The molecule has 2 amide bonds. The second-order valence-electron chi connectivity index (χ2n) is 8.82. The number of carbonyl (C=O) groups excluding carboxylic acids is 2. The monoisotopic (exact) mass is 427 g/mol. The zero-order valence-corrected chi connectivity index (χ0v) is 18.3. The van der Waals surface area contributed by atoms with Crippen LogP contribution in [0.5, 0.6) is 0 Å². The number of amides is 2. The number of piperidine rings is 1. The van der Waals surface area contributed by atoms with Crippen molar-refractivity contribution in [1.82, 2.24) is 15.2 Å². The number of H-pyrrole nitrogens is 1. The van der Waals surface area contributed by atoms with Gasteiger partial charge in [-0.3, -0.25) is 9.59 Å². The Bertz CT molecular complexity index is 895. The highest BCUT2D eigenvalue weighted by Gasteiger charge is 2.38. The van der Waals surface area contributed by atoms with Crippen molar-refractivity contribution in [3.63, 3.8) is 0 Å². The van der Waals surface area contributed by atoms with Gasteiger partial charge in [0.25, 0.3) is 0 Å². The Morgan fingerprint density at radius 1 is 1.23 bits per heavy atom. The molecule has 2 aliphatic rings. The normalized spacial score (nSPS) is 19.5. The number of aromatic amines is 1. The Balaban J connectivity index is 1.37. The fourth-order valence-corrected chi connectivity index (χ4v) is 4.79. The highest BCUT2D eigenvalue weighted by molar-refractivity contribution is 5.89. The van der Waals surface area contributed by atoms with Crippen LogP contribution >= 0.6 is 0 Å². The van der Waals surface area contributed by atoms with Gasteiger partial charge in [-0.1, -0.05) is 18.2 Å². The van der Waals surface area contributed by atoms with Crippen LogP contribution in [0.1, 0.15) is 37.7 Å². The third kappa shape index (κ3) is 5.10. The second kappa shape index (κ2) is 9.83. The third-order valence-corrected chi connectivity index (χ3v) is 6.86. The molecular weight excluding hydrogens is 394 g/mol. The Morgan fingerprint density at radius 2 is 1.97 bits per heavy atom. The van der Waals surface area contributed by atoms with Crippen molar-refractivity contribution in [3.8, 4) is 0 Å². The lowest BCUT2D eigenvalue weighted by atomic mass is 9.83. The van der Waals surface area contributed by atoms with E-state index in [2.05, 4.69) is 10.3 Å². The summed E-state index contributed by atoms with van der Waals surface area (Å²) in [5, 5.41) is 4.45. The summed E-state index contributed by atoms with van der Waals surface area (Å²) in [7, 11) is 1.69. The van der Waals surface area contributed by atoms with Crippen LogP contribution in [0.4, 0.5) is 0 Å². The quantitative estimate of drug-likeness (QED) is 0.712. The van der Waals surface area contributed by atoms with Gasteiger partial charge in [-0.15, -0.1) is 0 Å². The molecule has 1 aromatic carbocycles. The Labute approximate surface area is 183 Å². The van der Waals surface area contributed by atoms with E-state index in [1.807, 2.05) is 35.4 Å². The number of hydrogen-bond donors (Lipinski definition) is 2. The molecule has 0 bridgehead atoms. The van der Waals surface area contributed by atoms with E-state index in [4.69, 9.17) is 9.47 Å². The van der Waals surface area contributed by atoms with E-state index in [9.17, 15) is 9.59 Å². The number of likely N-dealkylation sites (tertiary alicyclic amines) is 1. The second-order valence-corrected chi connectivity index (χ2v) is 8.82. The number of ether oxygens (including phenoxy) is 2. The van der Waals surface area contributed by atoms with Crippen LogP contribution in [0.2, 0.25) is 0 Å². The van der Waals surface area contributed by atoms with Gasteiger partial charge in [-0.05, 0) is 43.7 Å². The summed E-state index contributed by atoms with van der Waals surface area (Å²) in [6.07, 6.45) is 6.16.